The summed E-state index contributed by atoms with van der Waals surface area (Å²) in [4.78, 5) is 26.5. The number of hydrogen-bond acceptors (Lipinski definition) is 4. The molecule has 0 radical (unpaired) electrons. The number of nitriles is 1. The molecule has 1 aliphatic rings. The molecule has 1 aliphatic heterocycles. The molecule has 2 aromatic rings. The van der Waals surface area contributed by atoms with Crippen molar-refractivity contribution < 1.29 is 14.0 Å². The van der Waals surface area contributed by atoms with Gasteiger partial charge in [0.05, 0.1) is 0 Å². The molecule has 142 valence electrons. The van der Waals surface area contributed by atoms with Gasteiger partial charge in [0.15, 0.2) is 0 Å². The number of furan rings is 1. The highest BCUT2D eigenvalue weighted by Crippen LogP contribution is 2.30. The predicted molar refractivity (Wildman–Crippen MR) is 110 cm³/mol. The van der Waals surface area contributed by atoms with E-state index in [1.807, 2.05) is 50.2 Å². The molecular formula is C22H19BrN2O3. The van der Waals surface area contributed by atoms with Crippen LogP contribution in [0.25, 0.3) is 17.4 Å². The number of rotatable bonds is 4. The van der Waals surface area contributed by atoms with Crippen molar-refractivity contribution in [2.45, 2.75) is 20.8 Å². The Labute approximate surface area is 172 Å². The third kappa shape index (κ3) is 3.85. The van der Waals surface area contributed by atoms with Crippen LogP contribution in [0.3, 0.4) is 0 Å². The summed E-state index contributed by atoms with van der Waals surface area (Å²) in [5.41, 5.74) is 1.57. The van der Waals surface area contributed by atoms with Crippen LogP contribution in [-0.4, -0.2) is 23.3 Å². The molecule has 0 N–H and O–H groups in total. The molecule has 28 heavy (non-hydrogen) atoms. The maximum absolute atomic E-state index is 12.9. The average Bonchev–Trinajstić information content (AvgIpc) is 3.12. The summed E-state index contributed by atoms with van der Waals surface area (Å²) in [6.07, 6.45) is 1.59. The number of carbonyl (C=O) groups is 2. The van der Waals surface area contributed by atoms with Crippen LogP contribution in [0.15, 0.2) is 62.0 Å². The smallest absolute Gasteiger partial charge is 0.271 e. The monoisotopic (exact) mass is 438 g/mol. The first-order chi connectivity index (χ1) is 13.3. The third-order valence-electron chi connectivity index (χ3n) is 4.42. The highest BCUT2D eigenvalue weighted by molar-refractivity contribution is 9.10. The van der Waals surface area contributed by atoms with Crippen molar-refractivity contribution in [3.05, 3.63) is 63.4 Å². The molecule has 0 saturated carbocycles. The van der Waals surface area contributed by atoms with Crippen LogP contribution < -0.4 is 0 Å². The van der Waals surface area contributed by atoms with Crippen molar-refractivity contribution in [2.75, 3.05) is 6.54 Å². The molecule has 0 spiro atoms. The number of hydrogen-bond donors (Lipinski definition) is 0. The van der Waals surface area contributed by atoms with E-state index in [9.17, 15) is 14.9 Å². The number of benzene rings is 1. The first-order valence-corrected chi connectivity index (χ1v) is 9.66. The molecule has 2 heterocycles. The Balaban J connectivity index is 2.01. The molecule has 5 nitrogen and oxygen atoms in total. The fourth-order valence-electron chi connectivity index (χ4n) is 3.00. The molecule has 3 rings (SSSR count). The normalized spacial score (nSPS) is 16.3. The van der Waals surface area contributed by atoms with Gasteiger partial charge in [0.2, 0.25) is 0 Å². The molecule has 0 aliphatic carbocycles. The van der Waals surface area contributed by atoms with Gasteiger partial charge in [0.1, 0.15) is 23.2 Å². The van der Waals surface area contributed by atoms with Crippen LogP contribution >= 0.6 is 15.9 Å². The lowest BCUT2D eigenvalue weighted by atomic mass is 9.94. The molecule has 0 fully saturated rings. The molecule has 0 saturated heterocycles. The van der Waals surface area contributed by atoms with Crippen molar-refractivity contribution in [3.8, 4) is 17.4 Å². The lowest BCUT2D eigenvalue weighted by Crippen LogP contribution is -2.44. The Morgan fingerprint density at radius 1 is 1.14 bits per heavy atom. The predicted octanol–water partition coefficient (Wildman–Crippen LogP) is 4.96. The Bertz CT molecular complexity index is 1040. The van der Waals surface area contributed by atoms with E-state index in [4.69, 9.17) is 4.42 Å². The Kier molecular flexibility index (Phi) is 5.66. The summed E-state index contributed by atoms with van der Waals surface area (Å²) < 4.78 is 6.84. The van der Waals surface area contributed by atoms with Gasteiger partial charge in [0, 0.05) is 22.2 Å². The fourth-order valence-corrected chi connectivity index (χ4v) is 3.27. The quantitative estimate of drug-likeness (QED) is 0.499. The van der Waals surface area contributed by atoms with Gasteiger partial charge < -0.3 is 4.42 Å². The van der Waals surface area contributed by atoms with E-state index in [2.05, 4.69) is 15.9 Å². The minimum absolute atomic E-state index is 0.00816. The number of amides is 2. The summed E-state index contributed by atoms with van der Waals surface area (Å²) in [7, 11) is 0. The SMILES string of the molecule is CC1=C(C#N)C(=O)N(CC(C)C)C(=O)/C1=C/c1ccc(-c2ccc(Br)cc2)o1. The van der Waals surface area contributed by atoms with E-state index in [0.717, 1.165) is 14.9 Å². The topological polar surface area (TPSA) is 74.3 Å². The van der Waals surface area contributed by atoms with Crippen molar-refractivity contribution in [3.63, 3.8) is 0 Å². The maximum atomic E-state index is 12.9. The number of halogens is 1. The van der Waals surface area contributed by atoms with E-state index >= 15 is 0 Å². The fraction of sp³-hybridized carbons (Fsp3) is 0.227. The molecule has 1 aromatic carbocycles. The summed E-state index contributed by atoms with van der Waals surface area (Å²) in [5.74, 6) is 0.305. The van der Waals surface area contributed by atoms with E-state index in [1.165, 1.54) is 0 Å². The minimum atomic E-state index is -0.536. The summed E-state index contributed by atoms with van der Waals surface area (Å²) in [6, 6.07) is 13.2. The summed E-state index contributed by atoms with van der Waals surface area (Å²) >= 11 is 3.40. The summed E-state index contributed by atoms with van der Waals surface area (Å²) in [6.45, 7) is 5.71. The Morgan fingerprint density at radius 2 is 1.82 bits per heavy atom. The van der Waals surface area contributed by atoms with Gasteiger partial charge in [-0.3, -0.25) is 14.5 Å². The van der Waals surface area contributed by atoms with E-state index < -0.39 is 11.8 Å². The van der Waals surface area contributed by atoms with E-state index in [-0.39, 0.29) is 18.0 Å². The van der Waals surface area contributed by atoms with Gasteiger partial charge >= 0.3 is 0 Å². The second kappa shape index (κ2) is 7.99. The van der Waals surface area contributed by atoms with Crippen LogP contribution in [0.4, 0.5) is 0 Å². The van der Waals surface area contributed by atoms with Gasteiger partial charge in [-0.1, -0.05) is 41.9 Å². The summed E-state index contributed by atoms with van der Waals surface area (Å²) in [5, 5.41) is 9.41. The highest BCUT2D eigenvalue weighted by atomic mass is 79.9. The zero-order valence-electron chi connectivity index (χ0n) is 15.8. The second-order valence-corrected chi connectivity index (χ2v) is 7.91. The molecule has 0 atom stereocenters. The molecule has 1 aromatic heterocycles. The minimum Gasteiger partial charge on any atom is -0.457 e. The lowest BCUT2D eigenvalue weighted by Gasteiger charge is -2.28. The van der Waals surface area contributed by atoms with Crippen molar-refractivity contribution >= 4 is 33.8 Å². The van der Waals surface area contributed by atoms with E-state index in [1.54, 1.807) is 19.1 Å². The maximum Gasteiger partial charge on any atom is 0.271 e. The van der Waals surface area contributed by atoms with Crippen LogP contribution in [0.2, 0.25) is 0 Å². The van der Waals surface area contributed by atoms with Gasteiger partial charge in [-0.25, -0.2) is 0 Å². The first kappa shape index (κ1) is 19.8. The zero-order chi connectivity index (χ0) is 20.4. The van der Waals surface area contributed by atoms with Crippen LogP contribution in [0, 0.1) is 17.2 Å². The molecule has 0 bridgehead atoms. The zero-order valence-corrected chi connectivity index (χ0v) is 17.4. The second-order valence-electron chi connectivity index (χ2n) is 6.99. The van der Waals surface area contributed by atoms with Gasteiger partial charge in [-0.15, -0.1) is 0 Å². The van der Waals surface area contributed by atoms with Crippen molar-refractivity contribution in [1.82, 2.24) is 4.90 Å². The van der Waals surface area contributed by atoms with Crippen molar-refractivity contribution in [2.24, 2.45) is 5.92 Å². The molecular weight excluding hydrogens is 420 g/mol. The number of carbonyl (C=O) groups excluding carboxylic acids is 2. The molecule has 2 amide bonds. The largest absolute Gasteiger partial charge is 0.457 e. The van der Waals surface area contributed by atoms with Crippen LogP contribution in [-0.2, 0) is 9.59 Å². The number of nitrogens with zero attached hydrogens (tertiary/aromatic N) is 2. The van der Waals surface area contributed by atoms with Gasteiger partial charge in [0.25, 0.3) is 11.8 Å². The molecule has 0 unspecified atom stereocenters. The van der Waals surface area contributed by atoms with Crippen LogP contribution in [0.1, 0.15) is 26.5 Å². The van der Waals surface area contributed by atoms with E-state index in [0.29, 0.717) is 22.7 Å². The Morgan fingerprint density at radius 3 is 2.43 bits per heavy atom. The Hall–Kier alpha value is -2.91. The van der Waals surface area contributed by atoms with Gasteiger partial charge in [-0.05, 0) is 48.8 Å². The standard InChI is InChI=1S/C22H19BrN2O3/c1-13(2)12-25-21(26)18(14(3)19(11-24)22(25)27)10-17-8-9-20(28-17)15-4-6-16(23)7-5-15/h4-10,13H,12H2,1-3H3/b18-10+. The lowest BCUT2D eigenvalue weighted by molar-refractivity contribution is -0.141. The third-order valence-corrected chi connectivity index (χ3v) is 4.94. The average molecular weight is 439 g/mol. The number of imide groups is 1. The molecule has 6 heteroatoms. The highest BCUT2D eigenvalue weighted by Gasteiger charge is 2.35. The van der Waals surface area contributed by atoms with Crippen molar-refractivity contribution in [1.29, 1.82) is 5.26 Å². The van der Waals surface area contributed by atoms with Crippen LogP contribution in [0.5, 0.6) is 0 Å². The first-order valence-electron chi connectivity index (χ1n) is 8.86. The van der Waals surface area contributed by atoms with Gasteiger partial charge in [-0.2, -0.15) is 5.26 Å².